The molecule has 84 valence electrons. The molecule has 3 nitrogen and oxygen atoms in total. The second kappa shape index (κ2) is 3.63. The lowest BCUT2D eigenvalue weighted by atomic mass is 9.53. The number of nitrogens with two attached hydrogens (primary N) is 1. The quantitative estimate of drug-likeness (QED) is 0.694. The Kier molecular flexibility index (Phi) is 2.59. The molecule has 1 saturated carbocycles. The van der Waals surface area contributed by atoms with E-state index in [0.29, 0.717) is 18.4 Å². The van der Waals surface area contributed by atoms with E-state index in [2.05, 4.69) is 13.0 Å². The van der Waals surface area contributed by atoms with Crippen molar-refractivity contribution in [3.05, 3.63) is 11.6 Å². The van der Waals surface area contributed by atoms with E-state index in [1.807, 2.05) is 0 Å². The molecule has 2 aliphatic carbocycles. The van der Waals surface area contributed by atoms with Crippen LogP contribution in [-0.4, -0.2) is 17.6 Å². The van der Waals surface area contributed by atoms with Crippen molar-refractivity contribution in [2.24, 2.45) is 23.0 Å². The molecule has 3 N–H and O–H groups in total. The van der Waals surface area contributed by atoms with Crippen LogP contribution >= 0.6 is 0 Å². The third-order valence-corrected chi connectivity index (χ3v) is 4.19. The first-order chi connectivity index (χ1) is 7.11. The van der Waals surface area contributed by atoms with Gasteiger partial charge in [0.15, 0.2) is 0 Å². The zero-order chi connectivity index (χ0) is 11.1. The Labute approximate surface area is 90.3 Å². The number of aliphatic carboxylic acids is 1. The molecule has 2 rings (SSSR count). The van der Waals surface area contributed by atoms with Crippen LogP contribution in [0.1, 0.15) is 32.6 Å². The van der Waals surface area contributed by atoms with Crippen molar-refractivity contribution < 1.29 is 9.90 Å². The molecule has 15 heavy (non-hydrogen) atoms. The van der Waals surface area contributed by atoms with Gasteiger partial charge >= 0.3 is 5.97 Å². The molecule has 0 radical (unpaired) electrons. The highest BCUT2D eigenvalue weighted by molar-refractivity contribution is 5.68. The van der Waals surface area contributed by atoms with Crippen LogP contribution in [0.3, 0.4) is 0 Å². The SMILES string of the molecule is CCC1=C[C@@H]2[C@H](C1)C[C@]2(CN)CC(=O)O. The number of rotatable bonds is 4. The lowest BCUT2D eigenvalue weighted by Gasteiger charge is -2.51. The highest BCUT2D eigenvalue weighted by Gasteiger charge is 2.54. The summed E-state index contributed by atoms with van der Waals surface area (Å²) in [6, 6.07) is 0. The Balaban J connectivity index is 2.11. The molecular formula is C12H19NO2. The highest BCUT2D eigenvalue weighted by atomic mass is 16.4. The number of carboxylic acid groups (broad SMARTS) is 1. The van der Waals surface area contributed by atoms with Crippen molar-refractivity contribution in [3.63, 3.8) is 0 Å². The molecule has 3 atom stereocenters. The second-order valence-corrected chi connectivity index (χ2v) is 5.01. The molecule has 0 aromatic heterocycles. The van der Waals surface area contributed by atoms with Crippen LogP contribution in [0.25, 0.3) is 0 Å². The minimum Gasteiger partial charge on any atom is -0.481 e. The molecule has 0 aliphatic heterocycles. The van der Waals surface area contributed by atoms with Gasteiger partial charge < -0.3 is 10.8 Å². The topological polar surface area (TPSA) is 63.3 Å². The summed E-state index contributed by atoms with van der Waals surface area (Å²) in [5.41, 5.74) is 7.13. The van der Waals surface area contributed by atoms with Crippen LogP contribution in [0.4, 0.5) is 0 Å². The van der Waals surface area contributed by atoms with Gasteiger partial charge in [0.1, 0.15) is 0 Å². The molecule has 0 aromatic rings. The molecule has 0 saturated heterocycles. The van der Waals surface area contributed by atoms with E-state index in [4.69, 9.17) is 10.8 Å². The minimum absolute atomic E-state index is 0.132. The third kappa shape index (κ3) is 1.59. The van der Waals surface area contributed by atoms with Crippen molar-refractivity contribution in [3.8, 4) is 0 Å². The van der Waals surface area contributed by atoms with Gasteiger partial charge in [-0.1, -0.05) is 18.6 Å². The summed E-state index contributed by atoms with van der Waals surface area (Å²) in [6.07, 6.45) is 5.80. The predicted octanol–water partition coefficient (Wildman–Crippen LogP) is 1.78. The summed E-state index contributed by atoms with van der Waals surface area (Å²) < 4.78 is 0. The Morgan fingerprint density at radius 1 is 1.73 bits per heavy atom. The second-order valence-electron chi connectivity index (χ2n) is 5.01. The van der Waals surface area contributed by atoms with E-state index in [1.165, 1.54) is 12.0 Å². The van der Waals surface area contributed by atoms with Crippen LogP contribution in [0.5, 0.6) is 0 Å². The number of carboxylic acids is 1. The number of allylic oxidation sites excluding steroid dienone is 2. The number of hydrogen-bond acceptors (Lipinski definition) is 2. The summed E-state index contributed by atoms with van der Waals surface area (Å²) >= 11 is 0. The van der Waals surface area contributed by atoms with Gasteiger partial charge in [-0.05, 0) is 43.1 Å². The van der Waals surface area contributed by atoms with E-state index in [1.54, 1.807) is 0 Å². The van der Waals surface area contributed by atoms with Gasteiger partial charge in [-0.3, -0.25) is 4.79 Å². The van der Waals surface area contributed by atoms with Gasteiger partial charge in [0, 0.05) is 0 Å². The Morgan fingerprint density at radius 2 is 2.47 bits per heavy atom. The average Bonchev–Trinajstić information content (AvgIpc) is 2.53. The van der Waals surface area contributed by atoms with Gasteiger partial charge in [0.25, 0.3) is 0 Å². The van der Waals surface area contributed by atoms with E-state index >= 15 is 0 Å². The van der Waals surface area contributed by atoms with E-state index in [0.717, 1.165) is 12.8 Å². The van der Waals surface area contributed by atoms with Crippen molar-refractivity contribution in [2.75, 3.05) is 6.54 Å². The molecule has 0 bridgehead atoms. The molecule has 0 aromatic carbocycles. The lowest BCUT2D eigenvalue weighted by molar-refractivity contribution is -0.144. The summed E-state index contributed by atoms with van der Waals surface area (Å²) in [7, 11) is 0. The van der Waals surface area contributed by atoms with E-state index < -0.39 is 5.97 Å². The monoisotopic (exact) mass is 209 g/mol. The fourth-order valence-electron chi connectivity index (χ4n) is 3.34. The Morgan fingerprint density at radius 3 is 3.00 bits per heavy atom. The molecule has 2 aliphatic rings. The third-order valence-electron chi connectivity index (χ3n) is 4.19. The first kappa shape index (κ1) is 10.7. The van der Waals surface area contributed by atoms with Gasteiger partial charge in [-0.15, -0.1) is 0 Å². The first-order valence-electron chi connectivity index (χ1n) is 5.72. The van der Waals surface area contributed by atoms with Crippen molar-refractivity contribution in [1.29, 1.82) is 0 Å². The highest BCUT2D eigenvalue weighted by Crippen LogP contribution is 2.59. The van der Waals surface area contributed by atoms with E-state index in [9.17, 15) is 4.79 Å². The standard InChI is InChI=1S/C12H19NO2/c1-2-8-3-9-5-12(7-13,6-11(14)15)10(9)4-8/h4,9-10H,2-3,5-7,13H2,1H3,(H,14,15)/t9-,10-,12-/m1/s1. The van der Waals surface area contributed by atoms with Crippen LogP contribution < -0.4 is 5.73 Å². The van der Waals surface area contributed by atoms with Crippen molar-refractivity contribution in [2.45, 2.75) is 32.6 Å². The molecule has 3 heteroatoms. The minimum atomic E-state index is -0.711. The van der Waals surface area contributed by atoms with Gasteiger partial charge in [0.2, 0.25) is 0 Å². The first-order valence-corrected chi connectivity index (χ1v) is 5.72. The zero-order valence-corrected chi connectivity index (χ0v) is 9.20. The van der Waals surface area contributed by atoms with Gasteiger partial charge in [-0.2, -0.15) is 0 Å². The Hall–Kier alpha value is -0.830. The average molecular weight is 209 g/mol. The lowest BCUT2D eigenvalue weighted by Crippen LogP contribution is -2.51. The van der Waals surface area contributed by atoms with Crippen LogP contribution in [0.15, 0.2) is 11.6 Å². The fourth-order valence-corrected chi connectivity index (χ4v) is 3.34. The van der Waals surface area contributed by atoms with Crippen LogP contribution in [0, 0.1) is 17.3 Å². The van der Waals surface area contributed by atoms with Gasteiger partial charge in [-0.25, -0.2) is 0 Å². The van der Waals surface area contributed by atoms with Crippen LogP contribution in [-0.2, 0) is 4.79 Å². The fraction of sp³-hybridized carbons (Fsp3) is 0.750. The molecule has 0 heterocycles. The number of fused-ring (bicyclic) bond motifs is 1. The maximum atomic E-state index is 10.8. The molecule has 0 unspecified atom stereocenters. The summed E-state index contributed by atoms with van der Waals surface area (Å²) in [6.45, 7) is 2.67. The predicted molar refractivity (Wildman–Crippen MR) is 58.3 cm³/mol. The van der Waals surface area contributed by atoms with Crippen molar-refractivity contribution >= 4 is 5.97 Å². The number of carbonyl (C=O) groups is 1. The maximum absolute atomic E-state index is 10.8. The molecule has 0 spiro atoms. The summed E-state index contributed by atoms with van der Waals surface area (Å²) in [4.78, 5) is 10.8. The number of hydrogen-bond donors (Lipinski definition) is 2. The Bertz CT molecular complexity index is 311. The zero-order valence-electron chi connectivity index (χ0n) is 9.20. The normalized spacial score (nSPS) is 38.1. The molecule has 0 amide bonds. The largest absolute Gasteiger partial charge is 0.481 e. The summed E-state index contributed by atoms with van der Waals surface area (Å²) in [5, 5.41) is 8.91. The van der Waals surface area contributed by atoms with Gasteiger partial charge in [0.05, 0.1) is 6.42 Å². The van der Waals surface area contributed by atoms with E-state index in [-0.39, 0.29) is 11.8 Å². The van der Waals surface area contributed by atoms with Crippen molar-refractivity contribution in [1.82, 2.24) is 0 Å². The smallest absolute Gasteiger partial charge is 0.303 e. The van der Waals surface area contributed by atoms with Crippen LogP contribution in [0.2, 0.25) is 0 Å². The summed E-state index contributed by atoms with van der Waals surface area (Å²) in [5.74, 6) is 0.411. The molecule has 1 fully saturated rings. The maximum Gasteiger partial charge on any atom is 0.303 e. The molecular weight excluding hydrogens is 190 g/mol.